The molecule has 1 amide bonds. The highest BCUT2D eigenvalue weighted by Crippen LogP contribution is 2.69. The molecule has 4 aliphatic rings. The average molecular weight is 643 g/mol. The second kappa shape index (κ2) is 13.0. The molecule has 0 aromatic rings. The Bertz CT molecular complexity index is 1270. The summed E-state index contributed by atoms with van der Waals surface area (Å²) in [5.74, 6) is -2.79. The molecule has 0 aromatic heterocycles. The standard InChI is InChI=1S/C29H39FN2O13/c1-26-8-7-18(33)13-17(26)5-6-19-20-14-21(34)29(39,27(20,2)15-22(35)28(19,26)30)23(36)16-44-24(37)31-9-12-43-25(38)42-10-3-4-11-45-32(40)41/h5,7-8,19-22,34-35,39H,3-4,6,9-16H2,1-2H3,(H,31,37)/t19-,20-,21+,22-,26-,27-,28-,29-/m0/s1. The van der Waals surface area contributed by atoms with Crippen LogP contribution in [-0.4, -0.2) is 101 Å². The molecule has 4 aliphatic carbocycles. The van der Waals surface area contributed by atoms with Gasteiger partial charge in [0.25, 0.3) is 5.09 Å². The number of Topliss-reactive ketones (excluding diaryl/α,β-unsaturated/α-hetero) is 1. The number of nitrogens with zero attached hydrogens (tertiary/aromatic N) is 1. The predicted molar refractivity (Wildman–Crippen MR) is 149 cm³/mol. The molecule has 4 rings (SSSR count). The lowest BCUT2D eigenvalue weighted by atomic mass is 9.45. The van der Waals surface area contributed by atoms with Crippen LogP contribution in [0.3, 0.4) is 0 Å². The quantitative estimate of drug-likeness (QED) is 0.0780. The number of carbonyl (C=O) groups excluding carboxylic acids is 4. The first kappa shape index (κ1) is 34.2. The van der Waals surface area contributed by atoms with E-state index in [4.69, 9.17) is 14.2 Å². The largest absolute Gasteiger partial charge is 0.508 e. The molecule has 45 heavy (non-hydrogen) atoms. The Morgan fingerprint density at radius 3 is 2.49 bits per heavy atom. The van der Waals surface area contributed by atoms with Gasteiger partial charge in [0.15, 0.2) is 23.7 Å². The Labute approximate surface area is 257 Å². The van der Waals surface area contributed by atoms with E-state index in [-0.39, 0.29) is 64.3 Å². The first-order chi connectivity index (χ1) is 21.1. The van der Waals surface area contributed by atoms with Gasteiger partial charge in [-0.1, -0.05) is 24.6 Å². The highest BCUT2D eigenvalue weighted by molar-refractivity contribution is 5.94. The number of hydrogen-bond acceptors (Lipinski definition) is 13. The van der Waals surface area contributed by atoms with E-state index >= 15 is 4.39 Å². The number of hydrogen-bond donors (Lipinski definition) is 4. The van der Waals surface area contributed by atoms with Gasteiger partial charge in [-0.2, -0.15) is 0 Å². The number of ketones is 2. The Morgan fingerprint density at radius 2 is 1.78 bits per heavy atom. The summed E-state index contributed by atoms with van der Waals surface area (Å²) in [6.07, 6.45) is -0.531. The topological polar surface area (TPSA) is 221 Å². The van der Waals surface area contributed by atoms with E-state index in [0.717, 1.165) is 0 Å². The zero-order valence-electron chi connectivity index (χ0n) is 25.1. The Morgan fingerprint density at radius 1 is 1.09 bits per heavy atom. The third-order valence-electron chi connectivity index (χ3n) is 10.1. The van der Waals surface area contributed by atoms with Crippen LogP contribution in [0, 0.1) is 32.8 Å². The summed E-state index contributed by atoms with van der Waals surface area (Å²) in [6.45, 7) is 1.49. The van der Waals surface area contributed by atoms with Gasteiger partial charge in [0, 0.05) is 23.2 Å². The summed E-state index contributed by atoms with van der Waals surface area (Å²) in [5, 5.41) is 45.4. The minimum atomic E-state index is -2.45. The van der Waals surface area contributed by atoms with E-state index in [2.05, 4.69) is 10.2 Å². The molecular formula is C29H39FN2O13. The highest BCUT2D eigenvalue weighted by Gasteiger charge is 2.76. The molecule has 0 unspecified atom stereocenters. The van der Waals surface area contributed by atoms with Gasteiger partial charge in [-0.15, -0.1) is 10.1 Å². The summed E-state index contributed by atoms with van der Waals surface area (Å²) in [7, 11) is 0. The van der Waals surface area contributed by atoms with Gasteiger partial charge in [0.05, 0.1) is 32.0 Å². The van der Waals surface area contributed by atoms with Crippen molar-refractivity contribution in [2.45, 2.75) is 75.9 Å². The summed E-state index contributed by atoms with van der Waals surface area (Å²) < 4.78 is 31.7. The molecular weight excluding hydrogens is 603 g/mol. The first-order valence-corrected chi connectivity index (χ1v) is 14.8. The van der Waals surface area contributed by atoms with Crippen LogP contribution in [0.5, 0.6) is 0 Å². The first-order valence-electron chi connectivity index (χ1n) is 14.8. The fourth-order valence-corrected chi connectivity index (χ4v) is 7.76. The molecule has 0 spiro atoms. The van der Waals surface area contributed by atoms with Crippen molar-refractivity contribution in [2.75, 3.05) is 33.0 Å². The number of alkyl carbamates (subject to hydrolysis) is 1. The van der Waals surface area contributed by atoms with Crippen molar-refractivity contribution in [2.24, 2.45) is 22.7 Å². The fourth-order valence-electron chi connectivity index (χ4n) is 7.76. The van der Waals surface area contributed by atoms with Gasteiger partial charge >= 0.3 is 12.2 Å². The molecule has 16 heteroatoms. The van der Waals surface area contributed by atoms with E-state index in [0.29, 0.717) is 12.0 Å². The van der Waals surface area contributed by atoms with Gasteiger partial charge in [0.1, 0.15) is 6.61 Å². The van der Waals surface area contributed by atoms with Crippen LogP contribution in [0.1, 0.15) is 52.4 Å². The third kappa shape index (κ3) is 6.02. The molecule has 0 aliphatic heterocycles. The van der Waals surface area contributed by atoms with Crippen molar-refractivity contribution in [1.29, 1.82) is 0 Å². The number of ether oxygens (including phenoxy) is 3. The Hall–Kier alpha value is -3.63. The van der Waals surface area contributed by atoms with E-state index < -0.39 is 75.9 Å². The van der Waals surface area contributed by atoms with Crippen LogP contribution in [-0.2, 0) is 28.6 Å². The summed E-state index contributed by atoms with van der Waals surface area (Å²) in [6, 6.07) is 0. The fraction of sp³-hybridized carbons (Fsp3) is 0.724. The lowest BCUT2D eigenvalue weighted by Gasteiger charge is -2.61. The lowest BCUT2D eigenvalue weighted by molar-refractivity contribution is -0.757. The maximum atomic E-state index is 17.2. The molecule has 0 bridgehead atoms. The predicted octanol–water partition coefficient (Wildman–Crippen LogP) is 1.50. The molecule has 0 heterocycles. The van der Waals surface area contributed by atoms with Crippen LogP contribution < -0.4 is 5.32 Å². The van der Waals surface area contributed by atoms with Crippen molar-refractivity contribution in [1.82, 2.24) is 5.32 Å². The molecule has 250 valence electrons. The van der Waals surface area contributed by atoms with Crippen LogP contribution in [0.25, 0.3) is 0 Å². The normalized spacial score (nSPS) is 36.5. The zero-order chi connectivity index (χ0) is 33.2. The number of carbonyl (C=O) groups is 4. The molecule has 2 saturated carbocycles. The Kier molecular flexibility index (Phi) is 9.90. The van der Waals surface area contributed by atoms with E-state index in [1.54, 1.807) is 13.0 Å². The van der Waals surface area contributed by atoms with Crippen molar-refractivity contribution in [3.63, 3.8) is 0 Å². The number of unbranched alkanes of at least 4 members (excludes halogenated alkanes) is 1. The van der Waals surface area contributed by atoms with E-state index in [1.165, 1.54) is 19.1 Å². The zero-order valence-corrected chi connectivity index (χ0v) is 25.1. The molecule has 2 fully saturated rings. The number of aliphatic hydroxyl groups is 3. The second-order valence-corrected chi connectivity index (χ2v) is 12.4. The smallest absolute Gasteiger partial charge is 0.441 e. The van der Waals surface area contributed by atoms with Crippen molar-refractivity contribution >= 4 is 23.8 Å². The minimum Gasteiger partial charge on any atom is -0.441 e. The van der Waals surface area contributed by atoms with Gasteiger partial charge < -0.3 is 39.7 Å². The average Bonchev–Trinajstić information content (AvgIpc) is 3.18. The van der Waals surface area contributed by atoms with E-state index in [9.17, 15) is 44.6 Å². The Balaban J connectivity index is 1.29. The number of amides is 1. The SMILES string of the molecule is C[C@]12C=CC(=O)CC1=CC[C@H]1[C@@H]3C[C@@H](O)[C@](O)(C(=O)COC(=O)NCCOC(=O)OCCCCO[N+](=O)[O-])[C@@]3(C)C[C@H](O)[C@@]12F. The second-order valence-electron chi connectivity index (χ2n) is 12.4. The van der Waals surface area contributed by atoms with Gasteiger partial charge in [-0.05, 0) is 51.0 Å². The van der Waals surface area contributed by atoms with Crippen LogP contribution in [0.4, 0.5) is 14.0 Å². The molecule has 0 radical (unpaired) electrons. The van der Waals surface area contributed by atoms with Crippen molar-refractivity contribution in [3.8, 4) is 0 Å². The number of allylic oxidation sites excluding steroid dienone is 4. The van der Waals surface area contributed by atoms with Gasteiger partial charge in [-0.3, -0.25) is 9.59 Å². The third-order valence-corrected chi connectivity index (χ3v) is 10.1. The molecule has 4 N–H and O–H groups in total. The number of nitrogens with one attached hydrogen (secondary N) is 1. The molecule has 8 atom stereocenters. The summed E-state index contributed by atoms with van der Waals surface area (Å²) >= 11 is 0. The van der Waals surface area contributed by atoms with Crippen LogP contribution in [0.15, 0.2) is 23.8 Å². The van der Waals surface area contributed by atoms with Gasteiger partial charge in [-0.25, -0.2) is 14.0 Å². The van der Waals surface area contributed by atoms with Crippen molar-refractivity contribution < 1.29 is 63.0 Å². The maximum Gasteiger partial charge on any atom is 0.508 e. The monoisotopic (exact) mass is 642 g/mol. The molecule has 15 nitrogen and oxygen atoms in total. The van der Waals surface area contributed by atoms with Crippen LogP contribution in [0.2, 0.25) is 0 Å². The number of halogens is 1. The summed E-state index contributed by atoms with van der Waals surface area (Å²) in [4.78, 5) is 63.3. The van der Waals surface area contributed by atoms with Crippen LogP contribution >= 0.6 is 0 Å². The highest BCUT2D eigenvalue weighted by atomic mass is 19.1. The summed E-state index contributed by atoms with van der Waals surface area (Å²) in [5.41, 5.74) is -6.84. The number of aliphatic hydroxyl groups excluding tert-OH is 2. The minimum absolute atomic E-state index is 0.0340. The number of fused-ring (bicyclic) bond motifs is 5. The maximum absolute atomic E-state index is 17.2. The van der Waals surface area contributed by atoms with E-state index in [1.807, 2.05) is 0 Å². The number of alkyl halides is 1. The number of rotatable bonds is 12. The van der Waals surface area contributed by atoms with Gasteiger partial charge in [0.2, 0.25) is 5.78 Å². The lowest BCUT2D eigenvalue weighted by Crippen LogP contribution is -2.69. The van der Waals surface area contributed by atoms with Crippen molar-refractivity contribution in [3.05, 3.63) is 33.9 Å². The molecule has 0 aromatic carbocycles. The molecule has 0 saturated heterocycles.